The topological polar surface area (TPSA) is 17.8 Å². The van der Waals surface area contributed by atoms with E-state index in [9.17, 15) is 0 Å². The van der Waals surface area contributed by atoms with Crippen molar-refractivity contribution in [3.05, 3.63) is 174 Å². The minimum absolute atomic E-state index is 0.207. The van der Waals surface area contributed by atoms with Gasteiger partial charge in [-0.1, -0.05) is 140 Å². The summed E-state index contributed by atoms with van der Waals surface area (Å²) >= 11 is 9.17. The van der Waals surface area contributed by atoms with Gasteiger partial charge in [0.05, 0.1) is 5.72 Å². The number of imidazole rings is 1. The number of thiol groups is 2. The molecule has 6 rings (SSSR count). The number of nitrogens with zero attached hydrogens (tertiary/aromatic N) is 2. The van der Waals surface area contributed by atoms with Crippen molar-refractivity contribution in [2.45, 2.75) is 24.8 Å². The molecule has 0 aliphatic rings. The summed E-state index contributed by atoms with van der Waals surface area (Å²) in [6.45, 7) is 0. The maximum Gasteiger partial charge on any atom is 0.217 e. The van der Waals surface area contributed by atoms with E-state index in [1.165, 1.54) is 37.8 Å². The fourth-order valence-electron chi connectivity index (χ4n) is 6.65. The smallest absolute Gasteiger partial charge is 0.217 e. The average molecular weight is 639 g/mol. The van der Waals surface area contributed by atoms with E-state index in [0.717, 1.165) is 43.5 Å². The van der Waals surface area contributed by atoms with Crippen LogP contribution in [0.15, 0.2) is 152 Å². The molecular formula is C39H39BN2S2Si. The van der Waals surface area contributed by atoms with E-state index in [2.05, 4.69) is 176 Å². The standard InChI is InChI=1S/C39H39BN2S2Si/c43-26-22-31-12-10-20-36(28-31)45(35-18-8-3-9-19-35,37-21-11-13-32(29-37)23-27-44)30-42-25-24-41-39(42)40-38(33-14-4-1-5-15-33)34-16-6-2-7-17-34/h1-21,24-25,28-29,38,40,43-44H,22-23,26-27,30H2. The molecule has 0 atom stereocenters. The number of aryl methyl sites for hydroxylation is 2. The Morgan fingerprint density at radius 3 is 1.60 bits per heavy atom. The number of benzene rings is 5. The fourth-order valence-corrected chi connectivity index (χ4v) is 11.9. The first-order valence-electron chi connectivity index (χ1n) is 15.8. The van der Waals surface area contributed by atoms with Gasteiger partial charge in [-0.05, 0) is 68.0 Å². The third-order valence-electron chi connectivity index (χ3n) is 8.91. The van der Waals surface area contributed by atoms with E-state index >= 15 is 0 Å². The van der Waals surface area contributed by atoms with Crippen molar-refractivity contribution in [2.75, 3.05) is 11.5 Å². The quantitative estimate of drug-likeness (QED) is 0.0987. The Balaban J connectivity index is 1.52. The van der Waals surface area contributed by atoms with Crippen LogP contribution in [0.5, 0.6) is 0 Å². The van der Waals surface area contributed by atoms with Crippen LogP contribution in [0.4, 0.5) is 0 Å². The number of aromatic nitrogens is 2. The molecule has 0 fully saturated rings. The van der Waals surface area contributed by atoms with Crippen LogP contribution in [0.1, 0.15) is 28.1 Å². The first kappa shape index (κ1) is 31.3. The van der Waals surface area contributed by atoms with Crippen LogP contribution >= 0.6 is 25.3 Å². The lowest BCUT2D eigenvalue weighted by molar-refractivity contribution is 0.889. The highest BCUT2D eigenvalue weighted by Gasteiger charge is 2.41. The molecule has 45 heavy (non-hydrogen) atoms. The average Bonchev–Trinajstić information content (AvgIpc) is 3.54. The van der Waals surface area contributed by atoms with Crippen LogP contribution in [0, 0.1) is 0 Å². The fraction of sp³-hybridized carbons (Fsp3) is 0.154. The highest BCUT2D eigenvalue weighted by molar-refractivity contribution is 7.80. The molecule has 0 N–H and O–H groups in total. The van der Waals surface area contributed by atoms with Gasteiger partial charge in [-0.3, -0.25) is 4.98 Å². The normalized spacial score (nSPS) is 11.5. The van der Waals surface area contributed by atoms with E-state index in [0.29, 0.717) is 0 Å². The van der Waals surface area contributed by atoms with Crippen molar-refractivity contribution in [3.63, 3.8) is 0 Å². The third-order valence-corrected chi connectivity index (χ3v) is 14.1. The summed E-state index contributed by atoms with van der Waals surface area (Å²) in [5.41, 5.74) is 6.40. The van der Waals surface area contributed by atoms with Gasteiger partial charge in [0, 0.05) is 18.6 Å². The van der Waals surface area contributed by atoms with Crippen molar-refractivity contribution >= 4 is 61.9 Å². The molecule has 0 bridgehead atoms. The molecule has 0 amide bonds. The van der Waals surface area contributed by atoms with E-state index in [-0.39, 0.29) is 5.82 Å². The lowest BCUT2D eigenvalue weighted by Crippen LogP contribution is -2.70. The van der Waals surface area contributed by atoms with Gasteiger partial charge in [-0.25, -0.2) is 0 Å². The molecule has 0 unspecified atom stereocenters. The Labute approximate surface area is 280 Å². The summed E-state index contributed by atoms with van der Waals surface area (Å²) in [7, 11) is -1.80. The van der Waals surface area contributed by atoms with Gasteiger partial charge >= 0.3 is 0 Å². The lowest BCUT2D eigenvalue weighted by atomic mass is 9.58. The first-order valence-corrected chi connectivity index (χ1v) is 19.2. The van der Waals surface area contributed by atoms with Gasteiger partial charge in [0.25, 0.3) is 0 Å². The van der Waals surface area contributed by atoms with Gasteiger partial charge in [-0.2, -0.15) is 25.3 Å². The highest BCUT2D eigenvalue weighted by Crippen LogP contribution is 2.23. The van der Waals surface area contributed by atoms with Crippen LogP contribution in [-0.4, -0.2) is 36.4 Å². The number of rotatable bonds is 13. The summed E-state index contributed by atoms with van der Waals surface area (Å²) < 4.78 is 2.45. The van der Waals surface area contributed by atoms with Gasteiger partial charge in [-0.15, -0.1) is 0 Å². The monoisotopic (exact) mass is 638 g/mol. The van der Waals surface area contributed by atoms with Crippen LogP contribution in [0.25, 0.3) is 0 Å². The van der Waals surface area contributed by atoms with Crippen molar-refractivity contribution in [1.29, 1.82) is 0 Å². The molecule has 6 heteroatoms. The Morgan fingerprint density at radius 2 is 1.09 bits per heavy atom. The Hall–Kier alpha value is -3.71. The SMILES string of the molecule is SCCc1cccc([Si](Cn2ccnc2BC(c2ccccc2)c2ccccc2)(c2ccccc2)c2cccc(CCS)c2)c1. The van der Waals surface area contributed by atoms with E-state index in [1.54, 1.807) is 0 Å². The summed E-state index contributed by atoms with van der Waals surface area (Å²) in [6, 6.07) is 51.5. The molecule has 6 aromatic rings. The third kappa shape index (κ3) is 7.09. The second-order valence-electron chi connectivity index (χ2n) is 11.7. The van der Waals surface area contributed by atoms with Gasteiger partial charge in [0.2, 0.25) is 7.28 Å². The molecule has 0 saturated carbocycles. The number of hydrogen-bond acceptors (Lipinski definition) is 3. The van der Waals surface area contributed by atoms with Gasteiger partial charge in [0.1, 0.15) is 0 Å². The zero-order valence-electron chi connectivity index (χ0n) is 25.5. The first-order chi connectivity index (χ1) is 22.2. The lowest BCUT2D eigenvalue weighted by Gasteiger charge is -2.35. The van der Waals surface area contributed by atoms with Crippen LogP contribution in [0.2, 0.25) is 0 Å². The molecule has 0 radical (unpaired) electrons. The molecule has 0 saturated heterocycles. The molecule has 0 aliphatic heterocycles. The predicted octanol–water partition coefficient (Wildman–Crippen LogP) is 5.39. The maximum atomic E-state index is 5.03. The Bertz CT molecular complexity index is 1710. The van der Waals surface area contributed by atoms with Gasteiger partial charge in [0.15, 0.2) is 8.07 Å². The summed E-state index contributed by atoms with van der Waals surface area (Å²) in [5.74, 6) is 1.86. The highest BCUT2D eigenvalue weighted by atomic mass is 32.1. The Kier molecular flexibility index (Phi) is 10.5. The van der Waals surface area contributed by atoms with Crippen molar-refractivity contribution in [3.8, 4) is 0 Å². The minimum Gasteiger partial charge on any atom is -0.345 e. The summed E-state index contributed by atoms with van der Waals surface area (Å²) in [5, 5.41) is 4.23. The molecule has 1 heterocycles. The van der Waals surface area contributed by atoms with Crippen LogP contribution in [-0.2, 0) is 19.0 Å². The Morgan fingerprint density at radius 1 is 0.600 bits per heavy atom. The second-order valence-corrected chi connectivity index (χ2v) is 16.4. The zero-order chi connectivity index (χ0) is 30.9. The van der Waals surface area contributed by atoms with Crippen molar-refractivity contribution in [2.24, 2.45) is 0 Å². The minimum atomic E-state index is -2.62. The predicted molar refractivity (Wildman–Crippen MR) is 203 cm³/mol. The number of hydrogen-bond donors (Lipinski definition) is 2. The molecule has 0 spiro atoms. The maximum absolute atomic E-state index is 5.03. The van der Waals surface area contributed by atoms with Crippen molar-refractivity contribution < 1.29 is 0 Å². The van der Waals surface area contributed by atoms with E-state index in [4.69, 9.17) is 4.98 Å². The van der Waals surface area contributed by atoms with E-state index < -0.39 is 8.07 Å². The van der Waals surface area contributed by atoms with E-state index in [1.807, 2.05) is 6.20 Å². The largest absolute Gasteiger partial charge is 0.345 e. The van der Waals surface area contributed by atoms with Gasteiger partial charge < -0.3 is 4.57 Å². The molecule has 1 aromatic heterocycles. The molecule has 0 aliphatic carbocycles. The zero-order valence-corrected chi connectivity index (χ0v) is 28.3. The summed E-state index contributed by atoms with van der Waals surface area (Å²) in [6.07, 6.45) is 6.94. The molecule has 224 valence electrons. The second kappa shape index (κ2) is 15.0. The molecule has 5 aromatic carbocycles. The molecule has 2 nitrogen and oxygen atoms in total. The molecular weight excluding hydrogens is 599 g/mol. The van der Waals surface area contributed by atoms with Crippen LogP contribution < -0.4 is 21.3 Å². The van der Waals surface area contributed by atoms with Crippen molar-refractivity contribution in [1.82, 2.24) is 9.55 Å². The summed E-state index contributed by atoms with van der Waals surface area (Å²) in [4.78, 5) is 5.03. The van der Waals surface area contributed by atoms with Crippen LogP contribution in [0.3, 0.4) is 0 Å².